The van der Waals surface area contributed by atoms with Gasteiger partial charge in [-0.1, -0.05) is 6.92 Å². The number of benzene rings is 1. The molecular formula is C12H15BrO3. The summed E-state index contributed by atoms with van der Waals surface area (Å²) in [5, 5.41) is 10.0. The lowest BCUT2D eigenvalue weighted by molar-refractivity contribution is -0.108. The molecule has 0 radical (unpaired) electrons. The molecule has 0 bridgehead atoms. The van der Waals surface area contributed by atoms with Gasteiger partial charge in [-0.05, 0) is 40.4 Å². The summed E-state index contributed by atoms with van der Waals surface area (Å²) in [5.74, 6) is 0.826. The Balaban J connectivity index is 3.27. The molecule has 88 valence electrons. The molecule has 0 aliphatic heterocycles. The van der Waals surface area contributed by atoms with E-state index in [1.54, 1.807) is 20.1 Å². The van der Waals surface area contributed by atoms with Crippen molar-refractivity contribution in [3.8, 4) is 11.5 Å². The Hall–Kier alpha value is -1.03. The highest BCUT2D eigenvalue weighted by atomic mass is 79.9. The standard InChI is InChI=1S/C12H15BrO3/c1-7(4-5-14)9-6-10(13)12(16-3)8(2)11(9)15/h5-7,15H,4H2,1-3H3. The van der Waals surface area contributed by atoms with Gasteiger partial charge in [0.05, 0.1) is 11.6 Å². The Morgan fingerprint density at radius 2 is 2.25 bits per heavy atom. The number of methoxy groups -OCH3 is 1. The van der Waals surface area contributed by atoms with E-state index in [-0.39, 0.29) is 11.7 Å². The Morgan fingerprint density at radius 3 is 2.75 bits per heavy atom. The molecule has 1 aromatic carbocycles. The SMILES string of the molecule is COc1c(Br)cc(C(C)CC=O)c(O)c1C. The summed E-state index contributed by atoms with van der Waals surface area (Å²) >= 11 is 3.39. The number of aldehydes is 1. The van der Waals surface area contributed by atoms with Crippen LogP contribution < -0.4 is 4.74 Å². The molecule has 4 heteroatoms. The van der Waals surface area contributed by atoms with Crippen molar-refractivity contribution in [3.63, 3.8) is 0 Å². The minimum Gasteiger partial charge on any atom is -0.507 e. The predicted molar refractivity (Wildman–Crippen MR) is 66.2 cm³/mol. The molecule has 1 N–H and O–H groups in total. The number of halogens is 1. The molecular weight excluding hydrogens is 272 g/mol. The summed E-state index contributed by atoms with van der Waals surface area (Å²) in [7, 11) is 1.56. The molecule has 3 nitrogen and oxygen atoms in total. The largest absolute Gasteiger partial charge is 0.507 e. The molecule has 1 unspecified atom stereocenters. The average molecular weight is 287 g/mol. The van der Waals surface area contributed by atoms with Crippen LogP contribution in [-0.2, 0) is 4.79 Å². The number of aromatic hydroxyl groups is 1. The number of hydrogen-bond acceptors (Lipinski definition) is 3. The maximum Gasteiger partial charge on any atom is 0.139 e. The molecule has 0 saturated heterocycles. The first-order valence-corrected chi connectivity index (χ1v) is 5.81. The van der Waals surface area contributed by atoms with Gasteiger partial charge in [0.15, 0.2) is 0 Å². The second kappa shape index (κ2) is 5.34. The molecule has 0 heterocycles. The van der Waals surface area contributed by atoms with Crippen LogP contribution in [0.25, 0.3) is 0 Å². The van der Waals surface area contributed by atoms with E-state index in [1.165, 1.54) is 0 Å². The smallest absolute Gasteiger partial charge is 0.139 e. The van der Waals surface area contributed by atoms with E-state index in [0.29, 0.717) is 17.7 Å². The first-order chi connectivity index (χ1) is 7.52. The fourth-order valence-corrected chi connectivity index (χ4v) is 2.38. The van der Waals surface area contributed by atoms with Crippen LogP contribution in [0.5, 0.6) is 11.5 Å². The van der Waals surface area contributed by atoms with Crippen LogP contribution in [-0.4, -0.2) is 18.5 Å². The fraction of sp³-hybridized carbons (Fsp3) is 0.417. The van der Waals surface area contributed by atoms with Gasteiger partial charge in [0.25, 0.3) is 0 Å². The van der Waals surface area contributed by atoms with Crippen molar-refractivity contribution in [2.45, 2.75) is 26.2 Å². The lowest BCUT2D eigenvalue weighted by Gasteiger charge is -2.16. The van der Waals surface area contributed by atoms with Crippen molar-refractivity contribution in [1.82, 2.24) is 0 Å². The maximum absolute atomic E-state index is 10.5. The van der Waals surface area contributed by atoms with E-state index >= 15 is 0 Å². The molecule has 0 fully saturated rings. The summed E-state index contributed by atoms with van der Waals surface area (Å²) < 4.78 is 5.96. The number of rotatable bonds is 4. The van der Waals surface area contributed by atoms with Gasteiger partial charge in [-0.25, -0.2) is 0 Å². The Labute approximate surface area is 104 Å². The molecule has 1 rings (SSSR count). The predicted octanol–water partition coefficient (Wildman–Crippen LogP) is 3.16. The highest BCUT2D eigenvalue weighted by Crippen LogP contribution is 2.40. The quantitative estimate of drug-likeness (QED) is 0.865. The van der Waals surface area contributed by atoms with Crippen LogP contribution in [0.2, 0.25) is 0 Å². The summed E-state index contributed by atoms with van der Waals surface area (Å²) in [6.07, 6.45) is 1.25. The summed E-state index contributed by atoms with van der Waals surface area (Å²) in [6, 6.07) is 1.80. The summed E-state index contributed by atoms with van der Waals surface area (Å²) in [5.41, 5.74) is 1.45. The number of carbonyl (C=O) groups excluding carboxylic acids is 1. The number of hydrogen-bond donors (Lipinski definition) is 1. The molecule has 1 aromatic rings. The highest BCUT2D eigenvalue weighted by molar-refractivity contribution is 9.10. The number of ether oxygens (including phenoxy) is 1. The minimum atomic E-state index is -0.00148. The number of phenols is 1. The molecule has 16 heavy (non-hydrogen) atoms. The molecule has 0 aliphatic rings. The van der Waals surface area contributed by atoms with Crippen LogP contribution in [0.3, 0.4) is 0 Å². The number of phenolic OH excluding ortho intramolecular Hbond substituents is 1. The van der Waals surface area contributed by atoms with E-state index in [0.717, 1.165) is 16.3 Å². The average Bonchev–Trinajstić information content (AvgIpc) is 2.24. The van der Waals surface area contributed by atoms with Gasteiger partial charge in [0, 0.05) is 12.0 Å². The van der Waals surface area contributed by atoms with Crippen LogP contribution in [0.1, 0.15) is 30.4 Å². The second-order valence-corrected chi connectivity index (χ2v) is 4.61. The van der Waals surface area contributed by atoms with E-state index in [2.05, 4.69) is 15.9 Å². The van der Waals surface area contributed by atoms with Crippen molar-refractivity contribution >= 4 is 22.2 Å². The van der Waals surface area contributed by atoms with Crippen LogP contribution in [0, 0.1) is 6.92 Å². The van der Waals surface area contributed by atoms with Crippen molar-refractivity contribution in [3.05, 3.63) is 21.7 Å². The third kappa shape index (κ3) is 2.38. The Bertz CT molecular complexity index is 402. The molecule has 0 spiro atoms. The Morgan fingerprint density at radius 1 is 1.62 bits per heavy atom. The van der Waals surface area contributed by atoms with Gasteiger partial charge in [-0.3, -0.25) is 0 Å². The zero-order chi connectivity index (χ0) is 12.3. The van der Waals surface area contributed by atoms with Gasteiger partial charge in [-0.15, -0.1) is 0 Å². The lowest BCUT2D eigenvalue weighted by Crippen LogP contribution is -1.99. The maximum atomic E-state index is 10.5. The minimum absolute atomic E-state index is 0.00148. The molecule has 0 saturated carbocycles. The number of carbonyl (C=O) groups is 1. The van der Waals surface area contributed by atoms with Crippen molar-refractivity contribution in [2.24, 2.45) is 0 Å². The zero-order valence-electron chi connectivity index (χ0n) is 9.58. The fourth-order valence-electron chi connectivity index (χ4n) is 1.67. The summed E-state index contributed by atoms with van der Waals surface area (Å²) in [4.78, 5) is 10.5. The first kappa shape index (κ1) is 13.0. The first-order valence-electron chi connectivity index (χ1n) is 5.02. The van der Waals surface area contributed by atoms with Gasteiger partial charge in [0.2, 0.25) is 0 Å². The van der Waals surface area contributed by atoms with E-state index in [9.17, 15) is 9.90 Å². The van der Waals surface area contributed by atoms with Crippen LogP contribution >= 0.6 is 15.9 Å². The summed E-state index contributed by atoms with van der Waals surface area (Å²) in [6.45, 7) is 3.69. The molecule has 0 amide bonds. The van der Waals surface area contributed by atoms with E-state index in [1.807, 2.05) is 6.92 Å². The van der Waals surface area contributed by atoms with Crippen LogP contribution in [0.15, 0.2) is 10.5 Å². The third-order valence-electron chi connectivity index (χ3n) is 2.65. The van der Waals surface area contributed by atoms with Gasteiger partial charge >= 0.3 is 0 Å². The molecule has 0 aromatic heterocycles. The normalized spacial score (nSPS) is 12.2. The monoisotopic (exact) mass is 286 g/mol. The van der Waals surface area contributed by atoms with Crippen molar-refractivity contribution in [2.75, 3.05) is 7.11 Å². The highest BCUT2D eigenvalue weighted by Gasteiger charge is 2.17. The molecule has 1 atom stereocenters. The van der Waals surface area contributed by atoms with Gasteiger partial charge in [-0.2, -0.15) is 0 Å². The second-order valence-electron chi connectivity index (χ2n) is 3.76. The zero-order valence-corrected chi connectivity index (χ0v) is 11.2. The lowest BCUT2D eigenvalue weighted by atomic mass is 9.95. The van der Waals surface area contributed by atoms with E-state index in [4.69, 9.17) is 4.74 Å². The van der Waals surface area contributed by atoms with Gasteiger partial charge in [0.1, 0.15) is 17.8 Å². The molecule has 0 aliphatic carbocycles. The van der Waals surface area contributed by atoms with Crippen molar-refractivity contribution in [1.29, 1.82) is 0 Å². The Kier molecular flexibility index (Phi) is 4.35. The topological polar surface area (TPSA) is 46.5 Å². The van der Waals surface area contributed by atoms with Crippen molar-refractivity contribution < 1.29 is 14.6 Å². The third-order valence-corrected chi connectivity index (χ3v) is 3.24. The van der Waals surface area contributed by atoms with Crippen LogP contribution in [0.4, 0.5) is 0 Å². The van der Waals surface area contributed by atoms with Gasteiger partial charge < -0.3 is 14.6 Å². The van der Waals surface area contributed by atoms with E-state index < -0.39 is 0 Å².